The Hall–Kier alpha value is -3.49. The van der Waals surface area contributed by atoms with E-state index in [1.54, 1.807) is 33.0 Å². The second-order valence-corrected chi connectivity index (χ2v) is 5.53. The topological polar surface area (TPSA) is 112 Å². The Labute approximate surface area is 148 Å². The first kappa shape index (κ1) is 17.3. The van der Waals surface area contributed by atoms with Gasteiger partial charge in [0, 0.05) is 24.0 Å². The number of aromatic hydroxyl groups is 1. The van der Waals surface area contributed by atoms with E-state index < -0.39 is 5.97 Å². The zero-order chi connectivity index (χ0) is 18.8. The molecule has 0 unspecified atom stereocenters. The van der Waals surface area contributed by atoms with Crippen LogP contribution in [0.5, 0.6) is 5.75 Å². The molecule has 0 spiro atoms. The Kier molecular flexibility index (Phi) is 4.53. The number of nitrogens with zero attached hydrogens (tertiary/aromatic N) is 5. The summed E-state index contributed by atoms with van der Waals surface area (Å²) in [6, 6.07) is 4.21. The van der Waals surface area contributed by atoms with E-state index in [-0.39, 0.29) is 23.7 Å². The Morgan fingerprint density at radius 1 is 1.31 bits per heavy atom. The molecule has 0 fully saturated rings. The molecule has 9 heteroatoms. The first-order chi connectivity index (χ1) is 12.4. The second-order valence-electron chi connectivity index (χ2n) is 5.53. The van der Waals surface area contributed by atoms with Gasteiger partial charge in [-0.2, -0.15) is 5.10 Å². The highest BCUT2D eigenvalue weighted by Gasteiger charge is 2.15. The van der Waals surface area contributed by atoms with Gasteiger partial charge in [-0.05, 0) is 26.8 Å². The molecule has 0 amide bonds. The fraction of sp³-hybridized carbons (Fsp3) is 0.235. The van der Waals surface area contributed by atoms with Gasteiger partial charge in [-0.1, -0.05) is 0 Å². The Morgan fingerprint density at radius 3 is 2.77 bits per heavy atom. The Balaban J connectivity index is 2.06. The van der Waals surface area contributed by atoms with Crippen LogP contribution in [0.3, 0.4) is 0 Å². The number of carbonyl (C=O) groups is 1. The minimum atomic E-state index is -0.621. The summed E-state index contributed by atoms with van der Waals surface area (Å²) in [4.78, 5) is 32.1. The number of hydrogen-bond donors (Lipinski definition) is 1. The molecule has 26 heavy (non-hydrogen) atoms. The van der Waals surface area contributed by atoms with Crippen molar-refractivity contribution in [3.05, 3.63) is 58.2 Å². The van der Waals surface area contributed by atoms with Crippen molar-refractivity contribution in [1.29, 1.82) is 0 Å². The van der Waals surface area contributed by atoms with Gasteiger partial charge < -0.3 is 9.84 Å². The molecule has 0 saturated carbocycles. The molecule has 1 N–H and O–H groups in total. The molecular weight excluding hydrogens is 338 g/mol. The van der Waals surface area contributed by atoms with Gasteiger partial charge in [-0.15, -0.1) is 0 Å². The number of rotatable bonds is 4. The molecule has 0 aromatic carbocycles. The molecule has 9 nitrogen and oxygen atoms in total. The van der Waals surface area contributed by atoms with E-state index in [0.717, 1.165) is 6.07 Å². The fourth-order valence-electron chi connectivity index (χ4n) is 2.55. The summed E-state index contributed by atoms with van der Waals surface area (Å²) in [6.45, 7) is 5.38. The maximum Gasteiger partial charge on any atom is 0.376 e. The highest BCUT2D eigenvalue weighted by Crippen LogP contribution is 2.17. The quantitative estimate of drug-likeness (QED) is 0.702. The van der Waals surface area contributed by atoms with Gasteiger partial charge in [-0.3, -0.25) is 9.36 Å². The van der Waals surface area contributed by atoms with Gasteiger partial charge in [0.05, 0.1) is 24.2 Å². The molecule has 0 bridgehead atoms. The van der Waals surface area contributed by atoms with Crippen molar-refractivity contribution in [2.24, 2.45) is 0 Å². The van der Waals surface area contributed by atoms with Crippen LogP contribution in [0.25, 0.3) is 11.5 Å². The van der Waals surface area contributed by atoms with Gasteiger partial charge in [0.1, 0.15) is 5.75 Å². The maximum absolute atomic E-state index is 12.3. The third kappa shape index (κ3) is 3.18. The molecule has 3 aromatic heterocycles. The predicted octanol–water partition coefficient (Wildman–Crippen LogP) is 1.31. The van der Waals surface area contributed by atoms with Crippen molar-refractivity contribution in [3.63, 3.8) is 0 Å². The summed E-state index contributed by atoms with van der Waals surface area (Å²) in [7, 11) is 0. The summed E-state index contributed by atoms with van der Waals surface area (Å²) in [5.41, 5.74) is 1.31. The molecule has 0 atom stereocenters. The molecule has 134 valence electrons. The number of pyridine rings is 1. The molecule has 0 saturated heterocycles. The van der Waals surface area contributed by atoms with Crippen molar-refractivity contribution >= 4 is 5.97 Å². The predicted molar refractivity (Wildman–Crippen MR) is 91.8 cm³/mol. The van der Waals surface area contributed by atoms with Crippen LogP contribution in [-0.2, 0) is 4.74 Å². The van der Waals surface area contributed by atoms with Crippen LogP contribution in [0.4, 0.5) is 0 Å². The van der Waals surface area contributed by atoms with Crippen LogP contribution < -0.4 is 5.56 Å². The molecule has 3 rings (SSSR count). The zero-order valence-corrected chi connectivity index (χ0v) is 14.5. The van der Waals surface area contributed by atoms with Crippen LogP contribution in [0, 0.1) is 13.8 Å². The van der Waals surface area contributed by atoms with E-state index >= 15 is 0 Å². The van der Waals surface area contributed by atoms with Crippen molar-refractivity contribution in [1.82, 2.24) is 24.3 Å². The number of esters is 1. The highest BCUT2D eigenvalue weighted by molar-refractivity contribution is 5.85. The zero-order valence-electron chi connectivity index (χ0n) is 14.5. The molecular formula is C17H17N5O4. The first-order valence-corrected chi connectivity index (χ1v) is 7.90. The van der Waals surface area contributed by atoms with E-state index in [1.165, 1.54) is 21.5 Å². The van der Waals surface area contributed by atoms with Crippen molar-refractivity contribution in [3.8, 4) is 17.3 Å². The summed E-state index contributed by atoms with van der Waals surface area (Å²) in [6.07, 6.45) is 3.06. The lowest BCUT2D eigenvalue weighted by Gasteiger charge is -2.08. The summed E-state index contributed by atoms with van der Waals surface area (Å²) >= 11 is 0. The van der Waals surface area contributed by atoms with E-state index in [0.29, 0.717) is 22.9 Å². The molecule has 0 aliphatic carbocycles. The standard InChI is InChI=1S/C17H17N5O4/c1-4-26-17(25)16-18-6-5-14(19-16)21-9-13(11(3)20-21)22-10(2)7-12(23)8-15(22)24/h5-9,23H,4H2,1-3H3. The summed E-state index contributed by atoms with van der Waals surface area (Å²) in [5.74, 6) is -0.424. The third-order valence-corrected chi connectivity index (χ3v) is 3.65. The van der Waals surface area contributed by atoms with Gasteiger partial charge in [0.15, 0.2) is 5.82 Å². The van der Waals surface area contributed by atoms with Gasteiger partial charge >= 0.3 is 5.97 Å². The largest absolute Gasteiger partial charge is 0.508 e. The third-order valence-electron chi connectivity index (χ3n) is 3.65. The smallest absolute Gasteiger partial charge is 0.376 e. The summed E-state index contributed by atoms with van der Waals surface area (Å²) < 4.78 is 7.79. The fourth-order valence-corrected chi connectivity index (χ4v) is 2.55. The van der Waals surface area contributed by atoms with Crippen molar-refractivity contribution in [2.45, 2.75) is 20.8 Å². The van der Waals surface area contributed by atoms with E-state index in [9.17, 15) is 14.7 Å². The van der Waals surface area contributed by atoms with Crippen molar-refractivity contribution < 1.29 is 14.6 Å². The van der Waals surface area contributed by atoms with Gasteiger partial charge in [-0.25, -0.2) is 19.4 Å². The van der Waals surface area contributed by atoms with Gasteiger partial charge in [0.2, 0.25) is 5.82 Å². The number of ether oxygens (including phenoxy) is 1. The highest BCUT2D eigenvalue weighted by atomic mass is 16.5. The number of aromatic nitrogens is 5. The normalized spacial score (nSPS) is 10.7. The van der Waals surface area contributed by atoms with E-state index in [1.807, 2.05) is 0 Å². The lowest BCUT2D eigenvalue weighted by molar-refractivity contribution is 0.0512. The lowest BCUT2D eigenvalue weighted by Crippen LogP contribution is -2.19. The molecule has 3 heterocycles. The molecule has 0 aliphatic rings. The summed E-state index contributed by atoms with van der Waals surface area (Å²) in [5, 5.41) is 13.9. The minimum Gasteiger partial charge on any atom is -0.508 e. The van der Waals surface area contributed by atoms with Crippen LogP contribution in [-0.4, -0.2) is 42.0 Å². The van der Waals surface area contributed by atoms with Gasteiger partial charge in [0.25, 0.3) is 5.56 Å². The molecule has 0 radical (unpaired) electrons. The van der Waals surface area contributed by atoms with Crippen LogP contribution in [0.1, 0.15) is 28.9 Å². The lowest BCUT2D eigenvalue weighted by atomic mass is 10.3. The number of aryl methyl sites for hydroxylation is 2. The second kappa shape index (κ2) is 6.79. The van der Waals surface area contributed by atoms with Crippen LogP contribution >= 0.6 is 0 Å². The first-order valence-electron chi connectivity index (χ1n) is 7.90. The Morgan fingerprint density at radius 2 is 2.08 bits per heavy atom. The SMILES string of the molecule is CCOC(=O)c1nccc(-n2cc(-n3c(C)cc(O)cc3=O)c(C)n2)n1. The maximum atomic E-state index is 12.3. The Bertz CT molecular complexity index is 1040. The monoisotopic (exact) mass is 355 g/mol. The average molecular weight is 355 g/mol. The van der Waals surface area contributed by atoms with E-state index in [4.69, 9.17) is 4.74 Å². The minimum absolute atomic E-state index is 0.0722. The van der Waals surface area contributed by atoms with Crippen LogP contribution in [0.2, 0.25) is 0 Å². The molecule has 0 aliphatic heterocycles. The average Bonchev–Trinajstić information content (AvgIpc) is 2.96. The van der Waals surface area contributed by atoms with E-state index in [2.05, 4.69) is 15.1 Å². The molecule has 3 aromatic rings. The van der Waals surface area contributed by atoms with Crippen LogP contribution in [0.15, 0.2) is 35.4 Å². The van der Waals surface area contributed by atoms with Crippen molar-refractivity contribution in [2.75, 3.05) is 6.61 Å². The number of carbonyl (C=O) groups excluding carboxylic acids is 1. The number of hydrogen-bond acceptors (Lipinski definition) is 7.